The number of benzene rings is 1. The largest absolute Gasteiger partial charge is 0.475 e. The molecule has 0 saturated heterocycles. The van der Waals surface area contributed by atoms with E-state index in [1.807, 2.05) is 39.8 Å². The molecule has 0 atom stereocenters. The van der Waals surface area contributed by atoms with E-state index in [9.17, 15) is 4.79 Å². The van der Waals surface area contributed by atoms with Crippen LogP contribution in [0, 0.1) is 6.92 Å². The lowest BCUT2D eigenvalue weighted by Crippen LogP contribution is -2.23. The predicted octanol–water partition coefficient (Wildman–Crippen LogP) is 4.00. The van der Waals surface area contributed by atoms with Crippen LogP contribution in [0.5, 0.6) is 5.88 Å². The second kappa shape index (κ2) is 8.44. The Hall–Kier alpha value is -2.86. The third kappa shape index (κ3) is 5.57. The molecule has 0 spiro atoms. The van der Waals surface area contributed by atoms with E-state index in [1.165, 1.54) is 6.20 Å². The Kier molecular flexibility index (Phi) is 5.99. The van der Waals surface area contributed by atoms with Crippen molar-refractivity contribution in [2.45, 2.75) is 39.8 Å². The maximum atomic E-state index is 12.3. The summed E-state index contributed by atoms with van der Waals surface area (Å²) in [7, 11) is 0. The molecule has 0 aliphatic rings. The molecule has 0 unspecified atom stereocenters. The number of aromatic amines is 1. The van der Waals surface area contributed by atoms with E-state index in [-0.39, 0.29) is 11.5 Å². The Balaban J connectivity index is 1.49. The van der Waals surface area contributed by atoms with Crippen LogP contribution in [0.1, 0.15) is 42.4 Å². The first-order valence-electron chi connectivity index (χ1n) is 9.39. The molecule has 3 rings (SSSR count). The minimum absolute atomic E-state index is 0.166. The number of aromatic nitrogens is 2. The summed E-state index contributed by atoms with van der Waals surface area (Å²) < 4.78 is 11.1. The van der Waals surface area contributed by atoms with E-state index in [1.54, 1.807) is 12.1 Å². The van der Waals surface area contributed by atoms with E-state index < -0.39 is 0 Å². The monoisotopic (exact) mass is 381 g/mol. The van der Waals surface area contributed by atoms with Crippen molar-refractivity contribution in [3.8, 4) is 5.88 Å². The summed E-state index contributed by atoms with van der Waals surface area (Å²) in [5.74, 6) is 0.308. The zero-order valence-electron chi connectivity index (χ0n) is 16.8. The van der Waals surface area contributed by atoms with Crippen molar-refractivity contribution in [1.82, 2.24) is 15.3 Å². The van der Waals surface area contributed by atoms with Gasteiger partial charge in [0.15, 0.2) is 0 Å². The first-order valence-corrected chi connectivity index (χ1v) is 9.39. The van der Waals surface area contributed by atoms with Gasteiger partial charge in [-0.15, -0.1) is 0 Å². The van der Waals surface area contributed by atoms with Gasteiger partial charge in [-0.25, -0.2) is 4.98 Å². The minimum atomic E-state index is -0.191. The Labute approximate surface area is 165 Å². The number of amides is 1. The van der Waals surface area contributed by atoms with Crippen molar-refractivity contribution in [3.63, 3.8) is 0 Å². The fourth-order valence-electron chi connectivity index (χ4n) is 2.82. The molecule has 0 radical (unpaired) electrons. The maximum absolute atomic E-state index is 12.3. The number of nitrogens with one attached hydrogen (secondary N) is 2. The normalized spacial score (nSPS) is 11.6. The first-order chi connectivity index (χ1) is 13.3. The van der Waals surface area contributed by atoms with Crippen molar-refractivity contribution in [2.24, 2.45) is 0 Å². The summed E-state index contributed by atoms with van der Waals surface area (Å²) in [4.78, 5) is 19.8. The van der Waals surface area contributed by atoms with Crippen LogP contribution in [0.4, 0.5) is 0 Å². The predicted molar refractivity (Wildman–Crippen MR) is 110 cm³/mol. The van der Waals surface area contributed by atoms with Crippen LogP contribution in [-0.4, -0.2) is 34.7 Å². The van der Waals surface area contributed by atoms with E-state index in [4.69, 9.17) is 9.47 Å². The van der Waals surface area contributed by atoms with Crippen molar-refractivity contribution in [2.75, 3.05) is 13.2 Å². The lowest BCUT2D eigenvalue weighted by molar-refractivity contribution is -0.0168. The molecule has 148 valence electrons. The topological polar surface area (TPSA) is 76.2 Å². The molecule has 2 aromatic heterocycles. The van der Waals surface area contributed by atoms with Gasteiger partial charge in [-0.2, -0.15) is 0 Å². The maximum Gasteiger partial charge on any atom is 0.253 e. The van der Waals surface area contributed by atoms with Crippen LogP contribution in [0.25, 0.3) is 10.9 Å². The first kappa shape index (κ1) is 19.9. The average molecular weight is 381 g/mol. The Morgan fingerprint density at radius 2 is 1.96 bits per heavy atom. The Morgan fingerprint density at radius 1 is 1.14 bits per heavy atom. The number of H-pyrrole nitrogens is 1. The molecule has 0 aliphatic carbocycles. The van der Waals surface area contributed by atoms with Crippen LogP contribution in [0.3, 0.4) is 0 Å². The van der Waals surface area contributed by atoms with E-state index >= 15 is 0 Å². The number of carbonyl (C=O) groups is 1. The van der Waals surface area contributed by atoms with Crippen molar-refractivity contribution < 1.29 is 14.3 Å². The van der Waals surface area contributed by atoms with Gasteiger partial charge in [0.25, 0.3) is 5.91 Å². The lowest BCUT2D eigenvalue weighted by atomic mass is 10.1. The summed E-state index contributed by atoms with van der Waals surface area (Å²) in [6.45, 7) is 9.37. The summed E-state index contributed by atoms with van der Waals surface area (Å²) in [5.41, 5.74) is 3.57. The fraction of sp³-hybridized carbons (Fsp3) is 0.364. The molecule has 1 amide bonds. The number of hydrogen-bond acceptors (Lipinski definition) is 4. The molecule has 6 heteroatoms. The molecule has 0 aliphatic heterocycles. The molecule has 3 aromatic rings. The molecule has 0 bridgehead atoms. The molecule has 0 saturated carbocycles. The van der Waals surface area contributed by atoms with Gasteiger partial charge in [0.1, 0.15) is 6.61 Å². The molecule has 1 aromatic carbocycles. The van der Waals surface area contributed by atoms with Crippen molar-refractivity contribution in [3.05, 3.63) is 59.4 Å². The van der Waals surface area contributed by atoms with Crippen LogP contribution >= 0.6 is 0 Å². The van der Waals surface area contributed by atoms with Gasteiger partial charge >= 0.3 is 0 Å². The second-order valence-electron chi connectivity index (χ2n) is 7.75. The van der Waals surface area contributed by atoms with Crippen LogP contribution in [0.2, 0.25) is 0 Å². The number of rotatable bonds is 7. The van der Waals surface area contributed by atoms with Gasteiger partial charge in [-0.1, -0.05) is 6.07 Å². The van der Waals surface area contributed by atoms with Crippen molar-refractivity contribution >= 4 is 16.8 Å². The van der Waals surface area contributed by atoms with Crippen LogP contribution in [0.15, 0.2) is 42.6 Å². The van der Waals surface area contributed by atoms with Gasteiger partial charge in [0, 0.05) is 30.0 Å². The highest BCUT2D eigenvalue weighted by atomic mass is 16.5. The van der Waals surface area contributed by atoms with Gasteiger partial charge in [-0.3, -0.25) is 4.79 Å². The number of pyridine rings is 1. The molecule has 6 nitrogen and oxygen atoms in total. The molecular formula is C22H27N3O3. The van der Waals surface area contributed by atoms with Gasteiger partial charge in [0.2, 0.25) is 5.88 Å². The number of aryl methyl sites for hydroxylation is 1. The average Bonchev–Trinajstić information content (AvgIpc) is 3.02. The van der Waals surface area contributed by atoms with Gasteiger partial charge in [0.05, 0.1) is 17.8 Å². The van der Waals surface area contributed by atoms with Crippen LogP contribution < -0.4 is 10.1 Å². The van der Waals surface area contributed by atoms with E-state index in [0.29, 0.717) is 31.2 Å². The highest BCUT2D eigenvalue weighted by Crippen LogP contribution is 2.17. The fourth-order valence-corrected chi connectivity index (χ4v) is 2.82. The smallest absolute Gasteiger partial charge is 0.253 e. The van der Waals surface area contributed by atoms with E-state index in [2.05, 4.69) is 27.4 Å². The molecule has 2 heterocycles. The molecule has 0 fully saturated rings. The standard InChI is InChI=1S/C22H27N3O3/c1-15-11-18-12-16(5-7-19(18)25-15)13-24-21(26)17-6-8-20(23-14-17)27-9-10-28-22(2,3)4/h5-8,11-12,14,25H,9-10,13H2,1-4H3,(H,24,26). The van der Waals surface area contributed by atoms with Crippen molar-refractivity contribution in [1.29, 1.82) is 0 Å². The highest BCUT2D eigenvalue weighted by molar-refractivity contribution is 5.94. The van der Waals surface area contributed by atoms with Gasteiger partial charge in [-0.05, 0) is 62.9 Å². The quantitative estimate of drug-likeness (QED) is 0.607. The lowest BCUT2D eigenvalue weighted by Gasteiger charge is -2.19. The number of carbonyl (C=O) groups excluding carboxylic acids is 1. The summed E-state index contributed by atoms with van der Waals surface area (Å²) >= 11 is 0. The zero-order chi connectivity index (χ0) is 20.1. The molecule has 2 N–H and O–H groups in total. The minimum Gasteiger partial charge on any atom is -0.475 e. The Bertz CT molecular complexity index is 940. The second-order valence-corrected chi connectivity index (χ2v) is 7.75. The summed E-state index contributed by atoms with van der Waals surface area (Å²) in [6, 6.07) is 11.6. The molecule has 28 heavy (non-hydrogen) atoms. The molecular weight excluding hydrogens is 354 g/mol. The number of ether oxygens (including phenoxy) is 2. The van der Waals surface area contributed by atoms with Crippen LogP contribution in [-0.2, 0) is 11.3 Å². The van der Waals surface area contributed by atoms with Gasteiger partial charge < -0.3 is 19.8 Å². The number of nitrogens with zero attached hydrogens (tertiary/aromatic N) is 1. The Morgan fingerprint density at radius 3 is 2.68 bits per heavy atom. The summed E-state index contributed by atoms with van der Waals surface area (Å²) in [5, 5.41) is 4.07. The number of fused-ring (bicyclic) bond motifs is 1. The van der Waals surface area contributed by atoms with E-state index in [0.717, 1.165) is 22.2 Å². The highest BCUT2D eigenvalue weighted by Gasteiger charge is 2.10. The zero-order valence-corrected chi connectivity index (χ0v) is 16.8. The number of hydrogen-bond donors (Lipinski definition) is 2. The summed E-state index contributed by atoms with van der Waals surface area (Å²) in [6.07, 6.45) is 1.52. The third-order valence-electron chi connectivity index (χ3n) is 4.14. The third-order valence-corrected chi connectivity index (χ3v) is 4.14. The SMILES string of the molecule is Cc1cc2cc(CNC(=O)c3ccc(OCCOC(C)(C)C)nc3)ccc2[nH]1.